The van der Waals surface area contributed by atoms with Crippen LogP contribution in [0.1, 0.15) is 26.0 Å². The lowest BCUT2D eigenvalue weighted by atomic mass is 9.90. The normalized spacial score (nSPS) is 19.3. The minimum Gasteiger partial charge on any atom is -0.493 e. The zero-order chi connectivity index (χ0) is 17.9. The Labute approximate surface area is 178 Å². The molecule has 27 heavy (non-hydrogen) atoms. The van der Waals surface area contributed by atoms with Crippen molar-refractivity contribution in [1.29, 1.82) is 0 Å². The van der Waals surface area contributed by atoms with E-state index in [0.29, 0.717) is 6.61 Å². The van der Waals surface area contributed by atoms with Gasteiger partial charge in [0.15, 0.2) is 11.5 Å². The molecule has 2 heterocycles. The quantitative estimate of drug-likeness (QED) is 0.707. The topological polar surface area (TPSA) is 60.6 Å². The number of thiazole rings is 1. The van der Waals surface area contributed by atoms with Gasteiger partial charge in [0.1, 0.15) is 5.01 Å². The number of benzene rings is 1. The molecular weight excluding hydrogens is 405 g/mol. The lowest BCUT2D eigenvalue weighted by Crippen LogP contribution is -2.31. The lowest BCUT2D eigenvalue weighted by Gasteiger charge is -2.22. The first-order chi connectivity index (χ1) is 12.1. The summed E-state index contributed by atoms with van der Waals surface area (Å²) in [6.07, 6.45) is 1.16. The number of nitrogens with zero attached hydrogens (tertiary/aromatic N) is 2. The van der Waals surface area contributed by atoms with Gasteiger partial charge in [-0.25, -0.2) is 4.98 Å². The maximum absolute atomic E-state index is 5.90. The molecule has 3 rings (SSSR count). The van der Waals surface area contributed by atoms with Crippen LogP contribution in [0.3, 0.4) is 0 Å². The summed E-state index contributed by atoms with van der Waals surface area (Å²) in [4.78, 5) is 7.27. The van der Waals surface area contributed by atoms with Crippen molar-refractivity contribution in [2.24, 2.45) is 11.1 Å². The van der Waals surface area contributed by atoms with Gasteiger partial charge >= 0.3 is 0 Å². The van der Waals surface area contributed by atoms with E-state index in [-0.39, 0.29) is 30.2 Å². The van der Waals surface area contributed by atoms with Crippen LogP contribution in [0.15, 0.2) is 23.6 Å². The Balaban J connectivity index is 0.00000182. The number of rotatable bonds is 7. The Bertz CT molecular complexity index is 729. The summed E-state index contributed by atoms with van der Waals surface area (Å²) >= 11 is 1.67. The highest BCUT2D eigenvalue weighted by molar-refractivity contribution is 7.13. The zero-order valence-corrected chi connectivity index (χ0v) is 18.5. The van der Waals surface area contributed by atoms with E-state index >= 15 is 0 Å². The summed E-state index contributed by atoms with van der Waals surface area (Å²) in [5.41, 5.74) is 8.33. The van der Waals surface area contributed by atoms with Crippen LogP contribution in [0.25, 0.3) is 10.6 Å². The summed E-state index contributed by atoms with van der Waals surface area (Å²) in [6, 6.07) is 5.98. The number of halogens is 2. The van der Waals surface area contributed by atoms with Crippen LogP contribution in [0, 0.1) is 5.41 Å². The van der Waals surface area contributed by atoms with Crippen LogP contribution in [0.4, 0.5) is 0 Å². The second-order valence-electron chi connectivity index (χ2n) is 6.92. The van der Waals surface area contributed by atoms with Gasteiger partial charge in [-0.3, -0.25) is 4.90 Å². The van der Waals surface area contributed by atoms with Crippen molar-refractivity contribution >= 4 is 36.2 Å². The third-order valence-corrected chi connectivity index (χ3v) is 5.72. The molecular formula is C19H29Cl2N3O2S. The average molecular weight is 434 g/mol. The van der Waals surface area contributed by atoms with Crippen molar-refractivity contribution in [1.82, 2.24) is 9.88 Å². The van der Waals surface area contributed by atoms with Crippen LogP contribution in [0.5, 0.6) is 11.5 Å². The molecule has 2 N–H and O–H groups in total. The number of nitrogens with two attached hydrogens (primary N) is 1. The number of likely N-dealkylation sites (tertiary alicyclic amines) is 1. The Hall–Kier alpha value is -1.05. The maximum Gasteiger partial charge on any atom is 0.161 e. The molecule has 1 aromatic heterocycles. The third-order valence-electron chi connectivity index (χ3n) is 4.78. The van der Waals surface area contributed by atoms with Gasteiger partial charge in [0.2, 0.25) is 0 Å². The second-order valence-corrected chi connectivity index (χ2v) is 7.78. The molecule has 1 aromatic carbocycles. The Morgan fingerprint density at radius 2 is 2.07 bits per heavy atom. The van der Waals surface area contributed by atoms with Crippen molar-refractivity contribution in [3.8, 4) is 22.1 Å². The number of ether oxygens (including phenoxy) is 2. The minimum atomic E-state index is 0. The largest absolute Gasteiger partial charge is 0.493 e. The zero-order valence-electron chi connectivity index (χ0n) is 16.1. The molecule has 8 heteroatoms. The standard InChI is InChI=1S/C19H27N3O2S.2ClH/c1-4-24-16-6-5-14(9-17(16)23-3)18-21-15(11-25-18)10-22-8-7-19(2,12-20)13-22;;/h5-6,9,11H,4,7-8,10,12-13,20H2,1-3H3;2*1H. The van der Waals surface area contributed by atoms with Gasteiger partial charge in [0, 0.05) is 24.0 Å². The Kier molecular flexibility index (Phi) is 9.31. The number of hydrogen-bond acceptors (Lipinski definition) is 6. The van der Waals surface area contributed by atoms with E-state index in [9.17, 15) is 0 Å². The molecule has 1 aliphatic heterocycles. The van der Waals surface area contributed by atoms with Crippen molar-refractivity contribution in [2.45, 2.75) is 26.8 Å². The van der Waals surface area contributed by atoms with Crippen LogP contribution in [-0.4, -0.2) is 43.2 Å². The van der Waals surface area contributed by atoms with Gasteiger partial charge < -0.3 is 15.2 Å². The van der Waals surface area contributed by atoms with Gasteiger partial charge in [0.05, 0.1) is 19.4 Å². The molecule has 1 fully saturated rings. The highest BCUT2D eigenvalue weighted by Crippen LogP contribution is 2.34. The fourth-order valence-electron chi connectivity index (χ4n) is 3.24. The smallest absolute Gasteiger partial charge is 0.161 e. The molecule has 1 unspecified atom stereocenters. The van der Waals surface area contributed by atoms with Crippen LogP contribution in [-0.2, 0) is 6.54 Å². The molecule has 5 nitrogen and oxygen atoms in total. The summed E-state index contributed by atoms with van der Waals surface area (Å²) < 4.78 is 11.0. The fourth-order valence-corrected chi connectivity index (χ4v) is 4.05. The Morgan fingerprint density at radius 1 is 1.30 bits per heavy atom. The van der Waals surface area contributed by atoms with Gasteiger partial charge in [-0.1, -0.05) is 6.92 Å². The van der Waals surface area contributed by atoms with Gasteiger partial charge in [-0.15, -0.1) is 36.2 Å². The summed E-state index contributed by atoms with van der Waals surface area (Å²) in [5.74, 6) is 1.51. The van der Waals surface area contributed by atoms with Crippen molar-refractivity contribution in [3.63, 3.8) is 0 Å². The summed E-state index contributed by atoms with van der Waals surface area (Å²) in [5, 5.41) is 3.16. The lowest BCUT2D eigenvalue weighted by molar-refractivity contribution is 0.272. The highest BCUT2D eigenvalue weighted by Gasteiger charge is 2.32. The molecule has 0 aliphatic carbocycles. The molecule has 1 atom stereocenters. The minimum absolute atomic E-state index is 0. The summed E-state index contributed by atoms with van der Waals surface area (Å²) in [7, 11) is 1.66. The van der Waals surface area contributed by atoms with Gasteiger partial charge in [-0.2, -0.15) is 0 Å². The van der Waals surface area contributed by atoms with E-state index in [0.717, 1.165) is 60.4 Å². The molecule has 0 bridgehead atoms. The third kappa shape index (κ3) is 5.72. The molecule has 0 amide bonds. The molecule has 1 aliphatic rings. The van der Waals surface area contributed by atoms with Crippen LogP contribution in [0.2, 0.25) is 0 Å². The first-order valence-corrected chi connectivity index (χ1v) is 9.63. The highest BCUT2D eigenvalue weighted by atomic mass is 35.5. The molecule has 0 spiro atoms. The van der Waals surface area contributed by atoms with Gasteiger partial charge in [-0.05, 0) is 50.0 Å². The predicted octanol–water partition coefficient (Wildman–Crippen LogP) is 4.23. The molecule has 2 aromatic rings. The second kappa shape index (κ2) is 10.5. The number of methoxy groups -OCH3 is 1. The molecule has 0 radical (unpaired) electrons. The van der Waals surface area contributed by atoms with Crippen molar-refractivity contribution < 1.29 is 9.47 Å². The Morgan fingerprint density at radius 3 is 2.70 bits per heavy atom. The van der Waals surface area contributed by atoms with Gasteiger partial charge in [0.25, 0.3) is 0 Å². The van der Waals surface area contributed by atoms with E-state index < -0.39 is 0 Å². The molecule has 1 saturated heterocycles. The number of aromatic nitrogens is 1. The predicted molar refractivity (Wildman–Crippen MR) is 117 cm³/mol. The summed E-state index contributed by atoms with van der Waals surface area (Å²) in [6.45, 7) is 8.64. The van der Waals surface area contributed by atoms with E-state index in [4.69, 9.17) is 20.2 Å². The van der Waals surface area contributed by atoms with E-state index in [1.807, 2.05) is 25.1 Å². The van der Waals surface area contributed by atoms with E-state index in [2.05, 4.69) is 17.2 Å². The fraction of sp³-hybridized carbons (Fsp3) is 0.526. The van der Waals surface area contributed by atoms with Crippen LogP contribution >= 0.6 is 36.2 Å². The van der Waals surface area contributed by atoms with E-state index in [1.165, 1.54) is 0 Å². The SMILES string of the molecule is CCOc1ccc(-c2nc(CN3CCC(C)(CN)C3)cs2)cc1OC.Cl.Cl. The maximum atomic E-state index is 5.90. The monoisotopic (exact) mass is 433 g/mol. The van der Waals surface area contributed by atoms with Crippen molar-refractivity contribution in [2.75, 3.05) is 33.4 Å². The van der Waals surface area contributed by atoms with E-state index in [1.54, 1.807) is 18.4 Å². The molecule has 0 saturated carbocycles. The number of hydrogen-bond donors (Lipinski definition) is 1. The van der Waals surface area contributed by atoms with Crippen molar-refractivity contribution in [3.05, 3.63) is 29.3 Å². The average Bonchev–Trinajstić information content (AvgIpc) is 3.23. The molecule has 152 valence electrons. The first-order valence-electron chi connectivity index (χ1n) is 8.75. The van der Waals surface area contributed by atoms with Crippen LogP contribution < -0.4 is 15.2 Å². The first kappa shape index (κ1) is 24.0.